The van der Waals surface area contributed by atoms with Crippen molar-refractivity contribution < 1.29 is 14.3 Å². The molecule has 0 aliphatic heterocycles. The Kier molecular flexibility index (Phi) is 5.29. The summed E-state index contributed by atoms with van der Waals surface area (Å²) in [4.78, 5) is 12.1. The van der Waals surface area contributed by atoms with Crippen molar-refractivity contribution in [3.63, 3.8) is 0 Å². The molecular formula is C22H19ClO3. The number of fused-ring (bicyclic) bond motifs is 1. The van der Waals surface area contributed by atoms with Gasteiger partial charge in [-0.05, 0) is 55.3 Å². The number of ether oxygens (including phenoxy) is 2. The van der Waals surface area contributed by atoms with Crippen molar-refractivity contribution in [1.29, 1.82) is 0 Å². The SMILES string of the molecule is C=C(C)C(=O)Oc1c(CC)cc(Oc2ccccc2)c2cc(Cl)ccc12. The van der Waals surface area contributed by atoms with Gasteiger partial charge in [0.1, 0.15) is 17.2 Å². The number of halogens is 1. The summed E-state index contributed by atoms with van der Waals surface area (Å²) in [6.07, 6.45) is 0.683. The Morgan fingerprint density at radius 3 is 2.46 bits per heavy atom. The van der Waals surface area contributed by atoms with Crippen LogP contribution in [0, 0.1) is 0 Å². The van der Waals surface area contributed by atoms with Crippen LogP contribution in [0.5, 0.6) is 17.2 Å². The van der Waals surface area contributed by atoms with Crippen molar-refractivity contribution in [3.8, 4) is 17.2 Å². The van der Waals surface area contributed by atoms with Crippen molar-refractivity contribution in [1.82, 2.24) is 0 Å². The first kappa shape index (κ1) is 18.0. The van der Waals surface area contributed by atoms with Crippen LogP contribution in [0.1, 0.15) is 19.4 Å². The van der Waals surface area contributed by atoms with E-state index in [2.05, 4.69) is 6.58 Å². The minimum atomic E-state index is -0.451. The number of hydrogen-bond donors (Lipinski definition) is 0. The fraction of sp³-hybridized carbons (Fsp3) is 0.136. The van der Waals surface area contributed by atoms with E-state index < -0.39 is 5.97 Å². The zero-order valence-electron chi connectivity index (χ0n) is 14.7. The number of hydrogen-bond acceptors (Lipinski definition) is 3. The van der Waals surface area contributed by atoms with Gasteiger partial charge in [-0.3, -0.25) is 0 Å². The second-order valence-corrected chi connectivity index (χ2v) is 6.43. The van der Waals surface area contributed by atoms with Crippen molar-refractivity contribution in [3.05, 3.63) is 77.3 Å². The molecule has 0 spiro atoms. The number of benzene rings is 3. The number of carbonyl (C=O) groups is 1. The molecule has 0 N–H and O–H groups in total. The third-order valence-corrected chi connectivity index (χ3v) is 4.22. The lowest BCUT2D eigenvalue weighted by Crippen LogP contribution is -2.10. The predicted octanol–water partition coefficient (Wildman–Crippen LogP) is 6.33. The average molecular weight is 367 g/mol. The van der Waals surface area contributed by atoms with E-state index in [1.807, 2.05) is 55.5 Å². The molecule has 0 unspecified atom stereocenters. The lowest BCUT2D eigenvalue weighted by atomic mass is 10.0. The molecule has 3 nitrogen and oxygen atoms in total. The second-order valence-electron chi connectivity index (χ2n) is 5.99. The van der Waals surface area contributed by atoms with Crippen LogP contribution in [-0.4, -0.2) is 5.97 Å². The molecule has 0 heterocycles. The van der Waals surface area contributed by atoms with Crippen molar-refractivity contribution in [2.45, 2.75) is 20.3 Å². The third kappa shape index (κ3) is 3.73. The molecule has 0 bridgehead atoms. The highest BCUT2D eigenvalue weighted by Crippen LogP contribution is 2.40. The molecule has 132 valence electrons. The number of esters is 1. The fourth-order valence-electron chi connectivity index (χ4n) is 2.66. The van der Waals surface area contributed by atoms with Gasteiger partial charge in [-0.1, -0.05) is 43.3 Å². The van der Waals surface area contributed by atoms with Crippen molar-refractivity contribution >= 4 is 28.3 Å². The molecule has 0 saturated carbocycles. The van der Waals surface area contributed by atoms with Crippen LogP contribution in [0.2, 0.25) is 5.02 Å². The van der Waals surface area contributed by atoms with E-state index in [1.54, 1.807) is 13.0 Å². The summed E-state index contributed by atoms with van der Waals surface area (Å²) < 4.78 is 11.7. The molecule has 0 saturated heterocycles. The maximum absolute atomic E-state index is 12.1. The van der Waals surface area contributed by atoms with Gasteiger partial charge in [-0.25, -0.2) is 4.79 Å². The minimum absolute atomic E-state index is 0.346. The Labute approximate surface area is 157 Å². The summed E-state index contributed by atoms with van der Waals surface area (Å²) in [5.74, 6) is 1.46. The zero-order valence-corrected chi connectivity index (χ0v) is 15.5. The summed E-state index contributed by atoms with van der Waals surface area (Å²) >= 11 is 6.20. The summed E-state index contributed by atoms with van der Waals surface area (Å²) in [6.45, 7) is 7.28. The minimum Gasteiger partial charge on any atom is -0.457 e. The Bertz CT molecular complexity index is 978. The van der Waals surface area contributed by atoms with Crippen LogP contribution < -0.4 is 9.47 Å². The molecule has 0 aliphatic carbocycles. The van der Waals surface area contributed by atoms with E-state index >= 15 is 0 Å². The highest BCUT2D eigenvalue weighted by molar-refractivity contribution is 6.31. The molecule has 0 fully saturated rings. The second kappa shape index (κ2) is 7.63. The van der Waals surface area contributed by atoms with E-state index in [9.17, 15) is 4.79 Å². The predicted molar refractivity (Wildman–Crippen MR) is 105 cm³/mol. The number of para-hydroxylation sites is 1. The first-order chi connectivity index (χ1) is 12.5. The highest BCUT2D eigenvalue weighted by Gasteiger charge is 2.17. The van der Waals surface area contributed by atoms with E-state index in [4.69, 9.17) is 21.1 Å². The van der Waals surface area contributed by atoms with Crippen LogP contribution >= 0.6 is 11.6 Å². The Morgan fingerprint density at radius 1 is 1.08 bits per heavy atom. The van der Waals surface area contributed by atoms with Crippen molar-refractivity contribution in [2.75, 3.05) is 0 Å². The lowest BCUT2D eigenvalue weighted by molar-refractivity contribution is -0.130. The quantitative estimate of drug-likeness (QED) is 0.300. The fourth-order valence-corrected chi connectivity index (χ4v) is 2.83. The zero-order chi connectivity index (χ0) is 18.7. The molecule has 0 atom stereocenters. The van der Waals surface area contributed by atoms with Gasteiger partial charge in [0.05, 0.1) is 0 Å². The van der Waals surface area contributed by atoms with Gasteiger partial charge in [-0.2, -0.15) is 0 Å². The van der Waals surface area contributed by atoms with Gasteiger partial charge in [0.2, 0.25) is 0 Å². The molecule has 3 aromatic rings. The average Bonchev–Trinajstić information content (AvgIpc) is 2.64. The third-order valence-electron chi connectivity index (χ3n) is 3.98. The summed E-state index contributed by atoms with van der Waals surface area (Å²) in [5.41, 5.74) is 1.22. The van der Waals surface area contributed by atoms with Crippen LogP contribution in [0.4, 0.5) is 0 Å². The van der Waals surface area contributed by atoms with Crippen LogP contribution in [0.15, 0.2) is 66.7 Å². The van der Waals surface area contributed by atoms with Gasteiger partial charge in [0.15, 0.2) is 0 Å². The molecule has 4 heteroatoms. The van der Waals surface area contributed by atoms with Gasteiger partial charge in [0.25, 0.3) is 0 Å². The smallest absolute Gasteiger partial charge is 0.338 e. The maximum atomic E-state index is 12.1. The van der Waals surface area contributed by atoms with E-state index in [1.165, 1.54) is 0 Å². The topological polar surface area (TPSA) is 35.5 Å². The monoisotopic (exact) mass is 366 g/mol. The first-order valence-corrected chi connectivity index (χ1v) is 8.73. The van der Waals surface area contributed by atoms with E-state index in [0.717, 1.165) is 22.1 Å². The van der Waals surface area contributed by atoms with Gasteiger partial charge in [0, 0.05) is 21.4 Å². The van der Waals surface area contributed by atoms with E-state index in [-0.39, 0.29) is 0 Å². The van der Waals surface area contributed by atoms with Gasteiger partial charge >= 0.3 is 5.97 Å². The molecule has 3 rings (SSSR count). The largest absolute Gasteiger partial charge is 0.457 e. The Morgan fingerprint density at radius 2 is 1.81 bits per heavy atom. The standard InChI is InChI=1S/C22H19ClO3/c1-4-15-12-20(25-17-8-6-5-7-9-17)19-13-16(23)10-11-18(19)21(15)26-22(24)14(2)3/h5-13H,2,4H2,1,3H3. The molecule has 3 aromatic carbocycles. The van der Waals surface area contributed by atoms with Crippen LogP contribution in [-0.2, 0) is 11.2 Å². The molecule has 0 radical (unpaired) electrons. The summed E-state index contributed by atoms with van der Waals surface area (Å²) in [7, 11) is 0. The van der Waals surface area contributed by atoms with Crippen molar-refractivity contribution in [2.24, 2.45) is 0 Å². The number of rotatable bonds is 5. The van der Waals surface area contributed by atoms with Gasteiger partial charge in [-0.15, -0.1) is 0 Å². The molecule has 26 heavy (non-hydrogen) atoms. The van der Waals surface area contributed by atoms with Crippen LogP contribution in [0.25, 0.3) is 10.8 Å². The Hall–Kier alpha value is -2.78. The summed E-state index contributed by atoms with van der Waals surface area (Å²) in [6, 6.07) is 16.8. The molecule has 0 amide bonds. The molecule has 0 aromatic heterocycles. The Balaban J connectivity index is 2.18. The van der Waals surface area contributed by atoms with E-state index in [0.29, 0.717) is 28.5 Å². The highest BCUT2D eigenvalue weighted by atomic mass is 35.5. The lowest BCUT2D eigenvalue weighted by Gasteiger charge is -2.16. The van der Waals surface area contributed by atoms with Gasteiger partial charge < -0.3 is 9.47 Å². The maximum Gasteiger partial charge on any atom is 0.338 e. The van der Waals surface area contributed by atoms with Crippen LogP contribution in [0.3, 0.4) is 0 Å². The normalized spacial score (nSPS) is 10.6. The number of aryl methyl sites for hydroxylation is 1. The molecular weight excluding hydrogens is 348 g/mol. The summed E-state index contributed by atoms with van der Waals surface area (Å²) in [5, 5.41) is 2.13. The molecule has 0 aliphatic rings. The first-order valence-electron chi connectivity index (χ1n) is 8.35. The number of carbonyl (C=O) groups excluding carboxylic acids is 1.